The van der Waals surface area contributed by atoms with Crippen LogP contribution in [0.3, 0.4) is 0 Å². The highest BCUT2D eigenvalue weighted by Gasteiger charge is 2.13. The van der Waals surface area contributed by atoms with Crippen LogP contribution < -0.4 is 5.32 Å². The zero-order valence-corrected chi connectivity index (χ0v) is 17.8. The molecule has 0 saturated carbocycles. The van der Waals surface area contributed by atoms with Crippen LogP contribution in [0.2, 0.25) is 5.02 Å². The molecule has 0 spiro atoms. The highest BCUT2D eigenvalue weighted by molar-refractivity contribution is 6.30. The molecule has 2 heterocycles. The molecule has 0 fully saturated rings. The van der Waals surface area contributed by atoms with Gasteiger partial charge in [-0.2, -0.15) is 10.4 Å². The van der Waals surface area contributed by atoms with Gasteiger partial charge in [0, 0.05) is 23.7 Å². The lowest BCUT2D eigenvalue weighted by Gasteiger charge is -2.07. The quantitative estimate of drug-likeness (QED) is 0.368. The summed E-state index contributed by atoms with van der Waals surface area (Å²) >= 11 is 6.07. The molecule has 3 aromatic carbocycles. The Labute approximate surface area is 190 Å². The second-order valence-corrected chi connectivity index (χ2v) is 7.90. The summed E-state index contributed by atoms with van der Waals surface area (Å²) in [5.74, 6) is 0.550. The van der Waals surface area contributed by atoms with Crippen LogP contribution in [0.5, 0.6) is 0 Å². The summed E-state index contributed by atoms with van der Waals surface area (Å²) in [5.41, 5.74) is 6.47. The third kappa shape index (κ3) is 3.94. The fourth-order valence-electron chi connectivity index (χ4n) is 3.73. The van der Waals surface area contributed by atoms with Crippen LogP contribution >= 0.6 is 11.6 Å². The smallest absolute Gasteiger partial charge is 0.166 e. The Balaban J connectivity index is 1.30. The van der Waals surface area contributed by atoms with Gasteiger partial charge in [0.25, 0.3) is 0 Å². The van der Waals surface area contributed by atoms with Crippen LogP contribution in [0.1, 0.15) is 22.4 Å². The van der Waals surface area contributed by atoms with Crippen molar-refractivity contribution < 1.29 is 0 Å². The van der Waals surface area contributed by atoms with E-state index in [-0.39, 0.29) is 0 Å². The number of halogens is 1. The molecule has 7 heteroatoms. The summed E-state index contributed by atoms with van der Waals surface area (Å²) in [4.78, 5) is 4.45. The van der Waals surface area contributed by atoms with Crippen molar-refractivity contribution in [3.8, 4) is 11.8 Å². The Kier molecular flexibility index (Phi) is 5.32. The first-order chi connectivity index (χ1) is 15.7. The topological polar surface area (TPSA) is 82.3 Å². The van der Waals surface area contributed by atoms with E-state index < -0.39 is 0 Å². The van der Waals surface area contributed by atoms with Gasteiger partial charge in [0.05, 0.1) is 16.7 Å². The largest absolute Gasteiger partial charge is 0.363 e. The van der Waals surface area contributed by atoms with Crippen LogP contribution in [0.15, 0.2) is 79.1 Å². The molecule has 0 bridgehead atoms. The molecule has 0 amide bonds. The van der Waals surface area contributed by atoms with Gasteiger partial charge in [-0.05, 0) is 47.5 Å². The molecule has 0 radical (unpaired) electrons. The number of hydrogen-bond acceptors (Lipinski definition) is 4. The number of anilines is 1. The van der Waals surface area contributed by atoms with E-state index in [1.54, 1.807) is 0 Å². The first kappa shape index (κ1) is 19.9. The monoisotopic (exact) mass is 438 g/mol. The molecule has 2 aromatic heterocycles. The number of fused-ring (bicyclic) bond motifs is 1. The van der Waals surface area contributed by atoms with Crippen LogP contribution in [0, 0.1) is 11.3 Å². The van der Waals surface area contributed by atoms with Gasteiger partial charge in [0.2, 0.25) is 0 Å². The van der Waals surface area contributed by atoms with E-state index in [4.69, 9.17) is 11.6 Å². The van der Waals surface area contributed by atoms with Crippen LogP contribution in [0.4, 0.5) is 5.82 Å². The zero-order chi connectivity index (χ0) is 21.9. The minimum atomic E-state index is 0.520. The van der Waals surface area contributed by atoms with Gasteiger partial charge in [0.1, 0.15) is 18.0 Å². The van der Waals surface area contributed by atoms with Crippen molar-refractivity contribution in [3.63, 3.8) is 0 Å². The van der Waals surface area contributed by atoms with Gasteiger partial charge in [-0.1, -0.05) is 48.0 Å². The maximum absolute atomic E-state index is 9.66. The molecule has 156 valence electrons. The van der Waals surface area contributed by atoms with E-state index in [1.807, 2.05) is 48.8 Å². The van der Waals surface area contributed by atoms with Crippen molar-refractivity contribution in [3.05, 3.63) is 107 Å². The van der Waals surface area contributed by atoms with E-state index in [0.717, 1.165) is 33.5 Å². The SMILES string of the molecule is N#Cc1c(NCc2ccc(-n3cnc4ccccc43)cc2)n[nH]c1Cc1cccc(Cl)c1. The maximum Gasteiger partial charge on any atom is 0.166 e. The molecule has 0 aliphatic rings. The summed E-state index contributed by atoms with van der Waals surface area (Å²) < 4.78 is 2.07. The van der Waals surface area contributed by atoms with Gasteiger partial charge in [-0.3, -0.25) is 9.67 Å². The Morgan fingerprint density at radius 1 is 1.00 bits per heavy atom. The van der Waals surface area contributed by atoms with Gasteiger partial charge >= 0.3 is 0 Å². The summed E-state index contributed by atoms with van der Waals surface area (Å²) in [6.45, 7) is 0.557. The van der Waals surface area contributed by atoms with Crippen molar-refractivity contribution in [1.82, 2.24) is 19.7 Å². The van der Waals surface area contributed by atoms with Gasteiger partial charge in [-0.15, -0.1) is 0 Å². The predicted octanol–water partition coefficient (Wildman–Crippen LogP) is 5.48. The summed E-state index contributed by atoms with van der Waals surface area (Å²) in [6, 6.07) is 26.1. The lowest BCUT2D eigenvalue weighted by molar-refractivity contribution is 0.987. The summed E-state index contributed by atoms with van der Waals surface area (Å²) in [6.07, 6.45) is 2.40. The molecule has 5 rings (SSSR count). The van der Waals surface area contributed by atoms with E-state index >= 15 is 0 Å². The molecule has 0 aliphatic carbocycles. The number of hydrogen-bond donors (Lipinski definition) is 2. The average molecular weight is 439 g/mol. The zero-order valence-electron chi connectivity index (χ0n) is 17.1. The number of aromatic amines is 1. The van der Waals surface area contributed by atoms with Gasteiger partial charge in [0.15, 0.2) is 5.82 Å². The Morgan fingerprint density at radius 2 is 1.84 bits per heavy atom. The van der Waals surface area contributed by atoms with E-state index in [2.05, 4.69) is 61.5 Å². The van der Waals surface area contributed by atoms with Crippen LogP contribution in [-0.2, 0) is 13.0 Å². The predicted molar refractivity (Wildman–Crippen MR) is 126 cm³/mol. The third-order valence-electron chi connectivity index (χ3n) is 5.35. The fourth-order valence-corrected chi connectivity index (χ4v) is 3.94. The standard InChI is InChI=1S/C25H19ClN6/c26-19-5-3-4-18(12-19)13-23-21(14-27)25(31-30-23)28-15-17-8-10-20(11-9-17)32-16-29-22-6-1-2-7-24(22)32/h1-12,16H,13,15H2,(H2,28,30,31). The molecule has 0 unspecified atom stereocenters. The van der Waals surface area contributed by atoms with Crippen molar-refractivity contribution in [1.29, 1.82) is 5.26 Å². The second-order valence-electron chi connectivity index (χ2n) is 7.47. The highest BCUT2D eigenvalue weighted by Crippen LogP contribution is 2.22. The van der Waals surface area contributed by atoms with Crippen LogP contribution in [0.25, 0.3) is 16.7 Å². The number of benzene rings is 3. The second kappa shape index (κ2) is 8.58. The van der Waals surface area contributed by atoms with Crippen molar-refractivity contribution in [2.75, 3.05) is 5.32 Å². The molecule has 0 atom stereocenters. The highest BCUT2D eigenvalue weighted by atomic mass is 35.5. The maximum atomic E-state index is 9.66. The number of imidazole rings is 1. The summed E-state index contributed by atoms with van der Waals surface area (Å²) in [5, 5.41) is 20.9. The molecular weight excluding hydrogens is 420 g/mol. The molecule has 6 nitrogen and oxygen atoms in total. The minimum absolute atomic E-state index is 0.520. The van der Waals surface area contributed by atoms with Crippen molar-refractivity contribution in [2.45, 2.75) is 13.0 Å². The van der Waals surface area contributed by atoms with E-state index in [9.17, 15) is 5.26 Å². The number of rotatable bonds is 6. The van der Waals surface area contributed by atoms with E-state index in [1.165, 1.54) is 0 Å². The number of nitriles is 1. The minimum Gasteiger partial charge on any atom is -0.363 e. The van der Waals surface area contributed by atoms with Crippen LogP contribution in [-0.4, -0.2) is 19.7 Å². The van der Waals surface area contributed by atoms with Crippen molar-refractivity contribution >= 4 is 28.5 Å². The van der Waals surface area contributed by atoms with Crippen molar-refractivity contribution in [2.24, 2.45) is 0 Å². The summed E-state index contributed by atoms with van der Waals surface area (Å²) in [7, 11) is 0. The number of nitrogens with zero attached hydrogens (tertiary/aromatic N) is 4. The third-order valence-corrected chi connectivity index (χ3v) is 5.59. The lowest BCUT2D eigenvalue weighted by Crippen LogP contribution is -2.02. The lowest BCUT2D eigenvalue weighted by atomic mass is 10.1. The molecule has 2 N–H and O–H groups in total. The molecule has 5 aromatic rings. The number of nitrogens with one attached hydrogen (secondary N) is 2. The first-order valence-corrected chi connectivity index (χ1v) is 10.6. The molecule has 32 heavy (non-hydrogen) atoms. The molecule has 0 saturated heterocycles. The number of H-pyrrole nitrogens is 1. The molecular formula is C25H19ClN6. The van der Waals surface area contributed by atoms with E-state index in [0.29, 0.717) is 29.4 Å². The number of aromatic nitrogens is 4. The first-order valence-electron chi connectivity index (χ1n) is 10.2. The number of para-hydroxylation sites is 2. The normalized spacial score (nSPS) is 10.9. The Bertz CT molecular complexity index is 1430. The average Bonchev–Trinajstić information content (AvgIpc) is 3.42. The Morgan fingerprint density at radius 3 is 2.66 bits per heavy atom. The molecule has 0 aliphatic heterocycles. The Hall–Kier alpha value is -4.08. The van der Waals surface area contributed by atoms with Gasteiger partial charge < -0.3 is 5.32 Å². The fraction of sp³-hybridized carbons (Fsp3) is 0.0800. The van der Waals surface area contributed by atoms with Gasteiger partial charge in [-0.25, -0.2) is 4.98 Å².